The monoisotopic (exact) mass is 289 g/mol. The minimum Gasteiger partial charge on any atom is -0.390 e. The highest BCUT2D eigenvalue weighted by molar-refractivity contribution is 7.91. The lowest BCUT2D eigenvalue weighted by Crippen LogP contribution is -2.42. The smallest absolute Gasteiger partial charge is 0.251 e. The van der Waals surface area contributed by atoms with Crippen molar-refractivity contribution >= 4 is 27.3 Å². The summed E-state index contributed by atoms with van der Waals surface area (Å²) in [5.41, 5.74) is 0.371. The van der Waals surface area contributed by atoms with E-state index in [1.165, 1.54) is 12.1 Å². The molecule has 0 aromatic heterocycles. The summed E-state index contributed by atoms with van der Waals surface area (Å²) >= 11 is 5.70. The van der Waals surface area contributed by atoms with Crippen molar-refractivity contribution in [2.75, 3.05) is 11.5 Å². The van der Waals surface area contributed by atoms with Gasteiger partial charge < -0.3 is 10.4 Å². The highest BCUT2D eigenvalue weighted by atomic mass is 35.5. The van der Waals surface area contributed by atoms with Gasteiger partial charge in [-0.15, -0.1) is 0 Å². The average Bonchev–Trinajstić information content (AvgIpc) is 2.52. The van der Waals surface area contributed by atoms with Crippen LogP contribution in [0.25, 0.3) is 0 Å². The molecule has 0 saturated carbocycles. The van der Waals surface area contributed by atoms with Crippen molar-refractivity contribution in [3.05, 3.63) is 34.9 Å². The number of rotatable bonds is 2. The molecule has 0 aliphatic carbocycles. The van der Waals surface area contributed by atoms with E-state index in [2.05, 4.69) is 5.32 Å². The topological polar surface area (TPSA) is 83.5 Å². The zero-order valence-corrected chi connectivity index (χ0v) is 10.9. The largest absolute Gasteiger partial charge is 0.390 e. The lowest BCUT2D eigenvalue weighted by atomic mass is 10.1. The Morgan fingerprint density at radius 3 is 2.39 bits per heavy atom. The molecule has 0 unspecified atom stereocenters. The minimum atomic E-state index is -3.27. The van der Waals surface area contributed by atoms with Crippen LogP contribution in [-0.4, -0.2) is 43.1 Å². The van der Waals surface area contributed by atoms with Crippen LogP contribution in [0, 0.1) is 0 Å². The van der Waals surface area contributed by atoms with E-state index in [1.807, 2.05) is 0 Å². The van der Waals surface area contributed by atoms with E-state index in [0.717, 1.165) is 0 Å². The number of carbonyl (C=O) groups is 1. The molecule has 2 rings (SSSR count). The van der Waals surface area contributed by atoms with Gasteiger partial charge in [0, 0.05) is 10.6 Å². The SMILES string of the molecule is O=C(N[C@@H]1CS(=O)(=O)C[C@H]1O)c1ccc(Cl)cc1. The Hall–Kier alpha value is -1.11. The lowest BCUT2D eigenvalue weighted by Gasteiger charge is -2.14. The predicted molar refractivity (Wildman–Crippen MR) is 67.4 cm³/mol. The molecule has 1 aromatic rings. The molecule has 98 valence electrons. The number of hydrogen-bond donors (Lipinski definition) is 2. The van der Waals surface area contributed by atoms with Gasteiger partial charge in [0.15, 0.2) is 9.84 Å². The van der Waals surface area contributed by atoms with Gasteiger partial charge in [-0.25, -0.2) is 8.42 Å². The second-order valence-corrected chi connectivity index (χ2v) is 6.82. The second-order valence-electron chi connectivity index (χ2n) is 4.23. The van der Waals surface area contributed by atoms with Gasteiger partial charge in [0.05, 0.1) is 23.7 Å². The molecule has 18 heavy (non-hydrogen) atoms. The third-order valence-corrected chi connectivity index (χ3v) is 4.71. The third-order valence-electron chi connectivity index (χ3n) is 2.75. The molecule has 0 radical (unpaired) electrons. The van der Waals surface area contributed by atoms with Crippen LogP contribution in [0.1, 0.15) is 10.4 Å². The molecular formula is C11H12ClNO4S. The standard InChI is InChI=1S/C11H12ClNO4S/c12-8-3-1-7(2-4-8)11(15)13-9-5-18(16,17)6-10(9)14/h1-4,9-10,14H,5-6H2,(H,13,15)/t9-,10-/m1/s1. The van der Waals surface area contributed by atoms with E-state index < -0.39 is 27.9 Å². The van der Waals surface area contributed by atoms with Crippen LogP contribution in [0.4, 0.5) is 0 Å². The van der Waals surface area contributed by atoms with Crippen LogP contribution >= 0.6 is 11.6 Å². The Balaban J connectivity index is 2.06. The maximum Gasteiger partial charge on any atom is 0.251 e. The summed E-state index contributed by atoms with van der Waals surface area (Å²) < 4.78 is 22.6. The first-order valence-electron chi connectivity index (χ1n) is 5.32. The van der Waals surface area contributed by atoms with Gasteiger partial charge in [-0.1, -0.05) is 11.6 Å². The number of halogens is 1. The van der Waals surface area contributed by atoms with Crippen molar-refractivity contribution in [1.82, 2.24) is 5.32 Å². The Morgan fingerprint density at radius 2 is 1.89 bits per heavy atom. The van der Waals surface area contributed by atoms with E-state index in [-0.39, 0.29) is 11.5 Å². The van der Waals surface area contributed by atoms with Gasteiger partial charge in [-0.3, -0.25) is 4.79 Å². The zero-order chi connectivity index (χ0) is 13.3. The van der Waals surface area contributed by atoms with E-state index in [1.54, 1.807) is 12.1 Å². The second kappa shape index (κ2) is 4.87. The van der Waals surface area contributed by atoms with Crippen LogP contribution in [0.5, 0.6) is 0 Å². The quantitative estimate of drug-likeness (QED) is 0.816. The van der Waals surface area contributed by atoms with Gasteiger partial charge in [0.2, 0.25) is 0 Å². The number of aliphatic hydroxyl groups is 1. The fourth-order valence-corrected chi connectivity index (χ4v) is 3.69. The van der Waals surface area contributed by atoms with Crippen molar-refractivity contribution in [3.8, 4) is 0 Å². The molecule has 1 amide bonds. The van der Waals surface area contributed by atoms with E-state index in [9.17, 15) is 18.3 Å². The Kier molecular flexibility index (Phi) is 3.61. The van der Waals surface area contributed by atoms with Crippen LogP contribution < -0.4 is 5.32 Å². The molecule has 7 heteroatoms. The number of carbonyl (C=O) groups excluding carboxylic acids is 1. The highest BCUT2D eigenvalue weighted by Gasteiger charge is 2.37. The molecule has 0 spiro atoms. The Bertz CT molecular complexity index is 555. The van der Waals surface area contributed by atoms with Crippen molar-refractivity contribution < 1.29 is 18.3 Å². The third kappa shape index (κ3) is 3.01. The van der Waals surface area contributed by atoms with Crippen LogP contribution in [0.15, 0.2) is 24.3 Å². The summed E-state index contributed by atoms with van der Waals surface area (Å²) in [6, 6.07) is 5.45. The maximum absolute atomic E-state index is 11.8. The summed E-state index contributed by atoms with van der Waals surface area (Å²) in [5.74, 6) is -0.959. The molecule has 1 aliphatic heterocycles. The van der Waals surface area contributed by atoms with E-state index >= 15 is 0 Å². The molecule has 1 fully saturated rings. The van der Waals surface area contributed by atoms with Gasteiger partial charge in [0.1, 0.15) is 0 Å². The van der Waals surface area contributed by atoms with Crippen molar-refractivity contribution in [3.63, 3.8) is 0 Å². The average molecular weight is 290 g/mol. The Labute approximate surface area is 110 Å². The van der Waals surface area contributed by atoms with E-state index in [0.29, 0.717) is 10.6 Å². The van der Waals surface area contributed by atoms with Crippen LogP contribution in [0.3, 0.4) is 0 Å². The summed E-state index contributed by atoms with van der Waals surface area (Å²) in [6.45, 7) is 0. The zero-order valence-electron chi connectivity index (χ0n) is 9.34. The highest BCUT2D eigenvalue weighted by Crippen LogP contribution is 2.14. The van der Waals surface area contributed by atoms with Crippen LogP contribution in [-0.2, 0) is 9.84 Å². The fourth-order valence-electron chi connectivity index (χ4n) is 1.82. The number of benzene rings is 1. The molecule has 0 bridgehead atoms. The van der Waals surface area contributed by atoms with Crippen molar-refractivity contribution in [2.24, 2.45) is 0 Å². The fraction of sp³-hybridized carbons (Fsp3) is 0.364. The maximum atomic E-state index is 11.8. The summed E-state index contributed by atoms with van der Waals surface area (Å²) in [7, 11) is -3.27. The van der Waals surface area contributed by atoms with Gasteiger partial charge in [0.25, 0.3) is 5.91 Å². The first-order valence-corrected chi connectivity index (χ1v) is 7.52. The first-order chi connectivity index (χ1) is 8.37. The van der Waals surface area contributed by atoms with E-state index in [4.69, 9.17) is 11.6 Å². The Morgan fingerprint density at radius 1 is 1.28 bits per heavy atom. The number of nitrogens with one attached hydrogen (secondary N) is 1. The normalized spacial score (nSPS) is 25.9. The molecular weight excluding hydrogens is 278 g/mol. The predicted octanol–water partition coefficient (Wildman–Crippen LogP) is 0.228. The van der Waals surface area contributed by atoms with Gasteiger partial charge >= 0.3 is 0 Å². The minimum absolute atomic E-state index is 0.229. The van der Waals surface area contributed by atoms with Gasteiger partial charge in [-0.05, 0) is 24.3 Å². The first kappa shape index (κ1) is 13.3. The lowest BCUT2D eigenvalue weighted by molar-refractivity contribution is 0.0889. The number of aliphatic hydroxyl groups excluding tert-OH is 1. The summed E-state index contributed by atoms with van der Waals surface area (Å²) in [5, 5.41) is 12.6. The molecule has 2 atom stereocenters. The van der Waals surface area contributed by atoms with Crippen molar-refractivity contribution in [1.29, 1.82) is 0 Å². The molecule has 1 saturated heterocycles. The number of hydrogen-bond acceptors (Lipinski definition) is 4. The summed E-state index contributed by atoms with van der Waals surface area (Å²) in [4.78, 5) is 11.8. The molecule has 1 heterocycles. The molecule has 5 nitrogen and oxygen atoms in total. The van der Waals surface area contributed by atoms with Gasteiger partial charge in [-0.2, -0.15) is 0 Å². The molecule has 2 N–H and O–H groups in total. The molecule has 1 aromatic carbocycles. The van der Waals surface area contributed by atoms with Crippen molar-refractivity contribution in [2.45, 2.75) is 12.1 Å². The summed E-state index contributed by atoms with van der Waals surface area (Å²) in [6.07, 6.45) is -1.05. The van der Waals surface area contributed by atoms with Crippen LogP contribution in [0.2, 0.25) is 5.02 Å². The molecule has 1 aliphatic rings. The number of sulfone groups is 1. The number of amides is 1.